The van der Waals surface area contributed by atoms with Crippen LogP contribution in [0.4, 0.5) is 0 Å². The van der Waals surface area contributed by atoms with E-state index in [1.54, 1.807) is 24.3 Å². The van der Waals surface area contributed by atoms with Crippen molar-refractivity contribution in [2.24, 2.45) is 0 Å². The number of hydrogen-bond acceptors (Lipinski definition) is 4. The van der Waals surface area contributed by atoms with Gasteiger partial charge in [0.1, 0.15) is 0 Å². The summed E-state index contributed by atoms with van der Waals surface area (Å²) in [7, 11) is -3.85. The van der Waals surface area contributed by atoms with Gasteiger partial charge in [-0.3, -0.25) is 4.79 Å². The van der Waals surface area contributed by atoms with E-state index in [-0.39, 0.29) is 17.1 Å². The Morgan fingerprint density at radius 1 is 1.20 bits per heavy atom. The van der Waals surface area contributed by atoms with E-state index in [4.69, 9.17) is 0 Å². The standard InChI is InChI=1S/C13H9BrN2O3S/c14-10-4-1-3-9(7-10)8-16-13(17)11-5-2-6-15-12(11)20(16,18)19/h1-7H,8H2. The second-order valence-electron chi connectivity index (χ2n) is 4.30. The van der Waals surface area contributed by atoms with Crippen LogP contribution in [0.1, 0.15) is 15.9 Å². The molecule has 0 atom stereocenters. The molecule has 20 heavy (non-hydrogen) atoms. The molecule has 0 bridgehead atoms. The predicted octanol–water partition coefficient (Wildman–Crippen LogP) is 2.19. The molecule has 0 spiro atoms. The van der Waals surface area contributed by atoms with E-state index < -0.39 is 15.9 Å². The number of pyridine rings is 1. The number of benzene rings is 1. The van der Waals surface area contributed by atoms with E-state index in [1.807, 2.05) is 6.07 Å². The zero-order valence-electron chi connectivity index (χ0n) is 10.2. The highest BCUT2D eigenvalue weighted by molar-refractivity contribution is 9.10. The average molecular weight is 353 g/mol. The van der Waals surface area contributed by atoms with Gasteiger partial charge in [-0.15, -0.1) is 0 Å². The Kier molecular flexibility index (Phi) is 3.10. The number of fused-ring (bicyclic) bond motifs is 1. The lowest BCUT2D eigenvalue weighted by molar-refractivity contribution is 0.0865. The van der Waals surface area contributed by atoms with Gasteiger partial charge in [-0.1, -0.05) is 28.1 Å². The van der Waals surface area contributed by atoms with Crippen molar-refractivity contribution >= 4 is 31.9 Å². The average Bonchev–Trinajstić information content (AvgIpc) is 2.61. The van der Waals surface area contributed by atoms with Crippen LogP contribution in [0.15, 0.2) is 52.1 Å². The van der Waals surface area contributed by atoms with Gasteiger partial charge in [0.25, 0.3) is 15.9 Å². The molecule has 1 aromatic carbocycles. The monoisotopic (exact) mass is 352 g/mol. The number of carbonyl (C=O) groups excluding carboxylic acids is 1. The molecule has 0 N–H and O–H groups in total. The number of aromatic nitrogens is 1. The Balaban J connectivity index is 2.03. The molecule has 0 unspecified atom stereocenters. The third-order valence-electron chi connectivity index (χ3n) is 2.98. The third kappa shape index (κ3) is 2.03. The lowest BCUT2D eigenvalue weighted by Gasteiger charge is -2.14. The first-order chi connectivity index (χ1) is 9.50. The van der Waals surface area contributed by atoms with Gasteiger partial charge in [0.05, 0.1) is 12.1 Å². The van der Waals surface area contributed by atoms with Crippen LogP contribution in [-0.4, -0.2) is 23.6 Å². The Bertz CT molecular complexity index is 805. The van der Waals surface area contributed by atoms with Crippen LogP contribution < -0.4 is 0 Å². The van der Waals surface area contributed by atoms with Crippen molar-refractivity contribution in [1.82, 2.24) is 9.29 Å². The van der Waals surface area contributed by atoms with Crippen LogP contribution in [0.25, 0.3) is 0 Å². The third-order valence-corrected chi connectivity index (χ3v) is 5.16. The lowest BCUT2D eigenvalue weighted by atomic mass is 10.2. The number of amides is 1. The molecule has 0 aliphatic carbocycles. The van der Waals surface area contributed by atoms with Crippen molar-refractivity contribution in [3.8, 4) is 0 Å². The van der Waals surface area contributed by atoms with Crippen LogP contribution in [0.3, 0.4) is 0 Å². The molecule has 1 aliphatic heterocycles. The summed E-state index contributed by atoms with van der Waals surface area (Å²) in [6.07, 6.45) is 1.37. The summed E-state index contributed by atoms with van der Waals surface area (Å²) in [6, 6.07) is 10.2. The molecule has 2 heterocycles. The minimum Gasteiger partial charge on any atom is -0.268 e. The summed E-state index contributed by atoms with van der Waals surface area (Å²) in [5.41, 5.74) is 0.853. The number of rotatable bonds is 2. The highest BCUT2D eigenvalue weighted by Gasteiger charge is 2.42. The zero-order chi connectivity index (χ0) is 14.3. The van der Waals surface area contributed by atoms with Gasteiger partial charge in [-0.2, -0.15) is 8.42 Å². The van der Waals surface area contributed by atoms with Crippen molar-refractivity contribution in [1.29, 1.82) is 0 Å². The van der Waals surface area contributed by atoms with Crippen LogP contribution in [0.5, 0.6) is 0 Å². The van der Waals surface area contributed by atoms with Crippen molar-refractivity contribution in [2.75, 3.05) is 0 Å². The largest absolute Gasteiger partial charge is 0.285 e. The smallest absolute Gasteiger partial charge is 0.268 e. The van der Waals surface area contributed by atoms with Gasteiger partial charge in [-0.25, -0.2) is 9.29 Å². The van der Waals surface area contributed by atoms with Crippen molar-refractivity contribution in [3.63, 3.8) is 0 Å². The van der Waals surface area contributed by atoms with E-state index in [0.29, 0.717) is 0 Å². The summed E-state index contributed by atoms with van der Waals surface area (Å²) in [5.74, 6) is -0.534. The number of carbonyl (C=O) groups is 1. The second kappa shape index (κ2) is 4.68. The molecule has 1 amide bonds. The summed E-state index contributed by atoms with van der Waals surface area (Å²) in [5, 5.41) is -0.167. The van der Waals surface area contributed by atoms with E-state index >= 15 is 0 Å². The Morgan fingerprint density at radius 3 is 2.70 bits per heavy atom. The Morgan fingerprint density at radius 2 is 2.00 bits per heavy atom. The highest BCUT2D eigenvalue weighted by Crippen LogP contribution is 2.29. The quantitative estimate of drug-likeness (QED) is 0.830. The molecule has 7 heteroatoms. The molecule has 1 aromatic heterocycles. The minimum atomic E-state index is -3.85. The van der Waals surface area contributed by atoms with Gasteiger partial charge in [0.2, 0.25) is 0 Å². The fourth-order valence-corrected chi connectivity index (χ4v) is 3.98. The van der Waals surface area contributed by atoms with Crippen LogP contribution >= 0.6 is 15.9 Å². The minimum absolute atomic E-state index is 0.00301. The predicted molar refractivity (Wildman–Crippen MR) is 75.4 cm³/mol. The summed E-state index contributed by atoms with van der Waals surface area (Å²) < 4.78 is 26.3. The number of sulfonamides is 1. The van der Waals surface area contributed by atoms with Crippen molar-refractivity contribution in [3.05, 3.63) is 58.2 Å². The Hall–Kier alpha value is -1.73. The molecule has 3 rings (SSSR count). The first kappa shape index (κ1) is 13.3. The van der Waals surface area contributed by atoms with E-state index in [2.05, 4.69) is 20.9 Å². The zero-order valence-corrected chi connectivity index (χ0v) is 12.6. The summed E-state index contributed by atoms with van der Waals surface area (Å²) in [6.45, 7) is -0.00301. The molecule has 0 radical (unpaired) electrons. The van der Waals surface area contributed by atoms with Gasteiger partial charge >= 0.3 is 0 Å². The van der Waals surface area contributed by atoms with Gasteiger partial charge < -0.3 is 0 Å². The molecule has 0 saturated heterocycles. The van der Waals surface area contributed by atoms with Gasteiger partial charge in [-0.05, 0) is 29.8 Å². The Labute approximate surface area is 124 Å². The second-order valence-corrected chi connectivity index (χ2v) is 7.00. The number of halogens is 1. The molecular formula is C13H9BrN2O3S. The van der Waals surface area contributed by atoms with E-state index in [0.717, 1.165) is 14.3 Å². The lowest BCUT2D eigenvalue weighted by Crippen LogP contribution is -2.29. The molecule has 1 aliphatic rings. The first-order valence-electron chi connectivity index (χ1n) is 5.77. The van der Waals surface area contributed by atoms with Gasteiger partial charge in [0.15, 0.2) is 5.03 Å². The summed E-state index contributed by atoms with van der Waals surface area (Å²) >= 11 is 3.32. The maximum atomic E-state index is 12.3. The molecule has 5 nitrogen and oxygen atoms in total. The maximum Gasteiger partial charge on any atom is 0.285 e. The fourth-order valence-electron chi connectivity index (χ4n) is 2.06. The maximum absolute atomic E-state index is 12.3. The molecule has 0 saturated carbocycles. The number of nitrogens with zero attached hydrogens (tertiary/aromatic N) is 2. The first-order valence-corrected chi connectivity index (χ1v) is 8.00. The fraction of sp³-hybridized carbons (Fsp3) is 0.0769. The molecule has 0 fully saturated rings. The van der Waals surface area contributed by atoms with Crippen LogP contribution in [0.2, 0.25) is 0 Å². The number of hydrogen-bond donors (Lipinski definition) is 0. The van der Waals surface area contributed by atoms with E-state index in [9.17, 15) is 13.2 Å². The highest BCUT2D eigenvalue weighted by atomic mass is 79.9. The topological polar surface area (TPSA) is 67.3 Å². The van der Waals surface area contributed by atoms with Crippen LogP contribution in [0, 0.1) is 0 Å². The normalized spacial score (nSPS) is 16.2. The van der Waals surface area contributed by atoms with E-state index in [1.165, 1.54) is 12.3 Å². The molecule has 102 valence electrons. The molecular weight excluding hydrogens is 344 g/mol. The van der Waals surface area contributed by atoms with Gasteiger partial charge in [0, 0.05) is 10.7 Å². The van der Waals surface area contributed by atoms with Crippen molar-refractivity contribution in [2.45, 2.75) is 11.6 Å². The van der Waals surface area contributed by atoms with Crippen LogP contribution in [-0.2, 0) is 16.6 Å². The molecule has 2 aromatic rings. The SMILES string of the molecule is O=C1c2cccnc2S(=O)(=O)N1Cc1cccc(Br)c1. The summed E-state index contributed by atoms with van der Waals surface area (Å²) in [4.78, 5) is 16.0. The van der Waals surface area contributed by atoms with Crippen molar-refractivity contribution < 1.29 is 13.2 Å².